The van der Waals surface area contributed by atoms with E-state index < -0.39 is 24.7 Å². The third-order valence-electron chi connectivity index (χ3n) is 2.86. The summed E-state index contributed by atoms with van der Waals surface area (Å²) in [6, 6.07) is 9.23. The van der Waals surface area contributed by atoms with Crippen LogP contribution in [-0.2, 0) is 20.8 Å². The first kappa shape index (κ1) is 16.8. The molecule has 1 aromatic carbocycles. The van der Waals surface area contributed by atoms with E-state index in [0.717, 1.165) is 12.7 Å². The minimum atomic E-state index is -3.34. The molecule has 1 saturated heterocycles. The molecule has 20 heavy (non-hydrogen) atoms. The molecule has 0 bridgehead atoms. The summed E-state index contributed by atoms with van der Waals surface area (Å²) in [4.78, 5) is 12.8. The van der Waals surface area contributed by atoms with Gasteiger partial charge in [0.15, 0.2) is 6.10 Å². The van der Waals surface area contributed by atoms with Gasteiger partial charge in [0, 0.05) is 13.1 Å². The van der Waals surface area contributed by atoms with Crippen LogP contribution in [0.15, 0.2) is 30.3 Å². The Balaban J connectivity index is 0.00000200. The second-order valence-corrected chi connectivity index (χ2v) is 4.42. The molecule has 2 rings (SSSR count). The van der Waals surface area contributed by atoms with Gasteiger partial charge in [0.05, 0.1) is 13.7 Å². The fourth-order valence-electron chi connectivity index (χ4n) is 2.06. The molecule has 7 heteroatoms. The molecule has 1 atom stereocenters. The average Bonchev–Trinajstić information content (AvgIpc) is 2.37. The minimum absolute atomic E-state index is 0. The van der Waals surface area contributed by atoms with Gasteiger partial charge in [-0.25, -0.2) is 4.79 Å². The lowest BCUT2D eigenvalue weighted by Crippen LogP contribution is -2.53. The Hall–Kier alpha value is -1.24. The highest BCUT2D eigenvalue weighted by Crippen LogP contribution is 2.26. The molecule has 1 heterocycles. The lowest BCUT2D eigenvalue weighted by molar-refractivity contribution is -0.295. The third-order valence-corrected chi connectivity index (χ3v) is 2.86. The van der Waals surface area contributed by atoms with Gasteiger partial charge in [0.2, 0.25) is 0 Å². The second-order valence-electron chi connectivity index (χ2n) is 4.42. The van der Waals surface area contributed by atoms with Crippen LogP contribution in [0.1, 0.15) is 5.56 Å². The number of benzene rings is 1. The summed E-state index contributed by atoms with van der Waals surface area (Å²) in [5, 5.41) is 0. The van der Waals surface area contributed by atoms with Gasteiger partial charge in [-0.1, -0.05) is 30.3 Å². The number of alkyl halides is 2. The number of carbonyl (C=O) groups is 1. The van der Waals surface area contributed by atoms with Crippen LogP contribution >= 0.6 is 12.4 Å². The number of esters is 1. The molecule has 0 N–H and O–H groups in total. The van der Waals surface area contributed by atoms with Crippen LogP contribution in [-0.4, -0.2) is 43.3 Å². The van der Waals surface area contributed by atoms with Crippen molar-refractivity contribution in [1.29, 1.82) is 0 Å². The molecule has 112 valence electrons. The van der Waals surface area contributed by atoms with Crippen LogP contribution in [0.3, 0.4) is 0 Å². The van der Waals surface area contributed by atoms with Gasteiger partial charge >= 0.3 is 12.1 Å². The Morgan fingerprint density at radius 2 is 2.10 bits per heavy atom. The van der Waals surface area contributed by atoms with Gasteiger partial charge in [-0.2, -0.15) is 8.78 Å². The summed E-state index contributed by atoms with van der Waals surface area (Å²) in [5.41, 5.74) is 0.906. The van der Waals surface area contributed by atoms with Gasteiger partial charge in [0.1, 0.15) is 0 Å². The SMILES string of the molecule is COC(=O)C1CN(Cc2ccccc2)CC(F)(F)O1.Cl. The lowest BCUT2D eigenvalue weighted by atomic mass is 10.2. The highest BCUT2D eigenvalue weighted by molar-refractivity contribution is 5.85. The van der Waals surface area contributed by atoms with Crippen LogP contribution < -0.4 is 0 Å². The Labute approximate surface area is 122 Å². The van der Waals surface area contributed by atoms with Crippen LogP contribution in [0, 0.1) is 0 Å². The van der Waals surface area contributed by atoms with E-state index in [1.807, 2.05) is 30.3 Å². The van der Waals surface area contributed by atoms with E-state index in [0.29, 0.717) is 6.54 Å². The first-order valence-electron chi connectivity index (χ1n) is 5.90. The number of methoxy groups -OCH3 is 1. The number of rotatable bonds is 3. The summed E-state index contributed by atoms with van der Waals surface area (Å²) in [7, 11) is 1.15. The van der Waals surface area contributed by atoms with Crippen molar-refractivity contribution in [2.75, 3.05) is 20.2 Å². The van der Waals surface area contributed by atoms with Crippen LogP contribution in [0.5, 0.6) is 0 Å². The van der Waals surface area contributed by atoms with E-state index >= 15 is 0 Å². The van der Waals surface area contributed by atoms with Gasteiger partial charge < -0.3 is 9.47 Å². The van der Waals surface area contributed by atoms with Crippen molar-refractivity contribution in [1.82, 2.24) is 4.90 Å². The monoisotopic (exact) mass is 307 g/mol. The normalized spacial score (nSPS) is 21.9. The van der Waals surface area contributed by atoms with Crippen molar-refractivity contribution in [3.8, 4) is 0 Å². The van der Waals surface area contributed by atoms with Crippen LogP contribution in [0.25, 0.3) is 0 Å². The number of halogens is 3. The average molecular weight is 308 g/mol. The van der Waals surface area contributed by atoms with E-state index in [4.69, 9.17) is 0 Å². The first-order valence-corrected chi connectivity index (χ1v) is 5.90. The largest absolute Gasteiger partial charge is 0.467 e. The molecule has 1 fully saturated rings. The van der Waals surface area contributed by atoms with Crippen molar-refractivity contribution in [2.24, 2.45) is 0 Å². The molecule has 0 amide bonds. The second kappa shape index (κ2) is 6.97. The number of carbonyl (C=O) groups excluding carboxylic acids is 1. The smallest absolute Gasteiger partial charge is 0.369 e. The van der Waals surface area contributed by atoms with Gasteiger partial charge in [-0.3, -0.25) is 4.90 Å². The van der Waals surface area contributed by atoms with Crippen molar-refractivity contribution >= 4 is 18.4 Å². The number of ether oxygens (including phenoxy) is 2. The standard InChI is InChI=1S/C13H15F2NO3.ClH/c1-18-12(17)11-8-16(9-13(14,15)19-11)7-10-5-3-2-4-6-10;/h2-6,11H,7-9H2,1H3;1H. The zero-order chi connectivity index (χ0) is 13.9. The van der Waals surface area contributed by atoms with Crippen LogP contribution in [0.2, 0.25) is 0 Å². The fraction of sp³-hybridized carbons (Fsp3) is 0.462. The zero-order valence-corrected chi connectivity index (χ0v) is 11.7. The number of nitrogens with zero attached hydrogens (tertiary/aromatic N) is 1. The summed E-state index contributed by atoms with van der Waals surface area (Å²) in [6.45, 7) is -0.0974. The molecule has 1 aromatic rings. The van der Waals surface area contributed by atoms with Gasteiger partial charge in [-0.05, 0) is 5.56 Å². The Bertz CT molecular complexity index is 445. The van der Waals surface area contributed by atoms with Gasteiger partial charge in [-0.15, -0.1) is 12.4 Å². The molecule has 4 nitrogen and oxygen atoms in total. The molecule has 1 unspecified atom stereocenters. The van der Waals surface area contributed by atoms with E-state index in [2.05, 4.69) is 9.47 Å². The maximum atomic E-state index is 13.4. The predicted molar refractivity (Wildman–Crippen MR) is 70.8 cm³/mol. The molecular weight excluding hydrogens is 292 g/mol. The van der Waals surface area contributed by atoms with Crippen molar-refractivity contribution in [3.05, 3.63) is 35.9 Å². The number of hydrogen-bond acceptors (Lipinski definition) is 4. The molecule has 0 radical (unpaired) electrons. The van der Waals surface area contributed by atoms with Crippen LogP contribution in [0.4, 0.5) is 8.78 Å². The van der Waals surface area contributed by atoms with E-state index in [-0.39, 0.29) is 19.0 Å². The van der Waals surface area contributed by atoms with E-state index in [1.165, 1.54) is 4.90 Å². The molecule has 0 aliphatic carbocycles. The quantitative estimate of drug-likeness (QED) is 0.802. The molecule has 0 aromatic heterocycles. The summed E-state index contributed by atoms with van der Waals surface area (Å²) >= 11 is 0. The summed E-state index contributed by atoms with van der Waals surface area (Å²) < 4.78 is 35.8. The Kier molecular flexibility index (Phi) is 5.86. The summed E-state index contributed by atoms with van der Waals surface area (Å²) in [6.07, 6.45) is -4.59. The maximum absolute atomic E-state index is 13.4. The van der Waals surface area contributed by atoms with Gasteiger partial charge in [0.25, 0.3) is 0 Å². The highest BCUT2D eigenvalue weighted by Gasteiger charge is 2.44. The Morgan fingerprint density at radius 1 is 1.45 bits per heavy atom. The molecule has 1 aliphatic heterocycles. The molecular formula is C13H16ClF2NO3. The maximum Gasteiger partial charge on any atom is 0.369 e. The lowest BCUT2D eigenvalue weighted by Gasteiger charge is -2.36. The summed E-state index contributed by atoms with van der Waals surface area (Å²) in [5.74, 6) is -0.780. The third kappa shape index (κ3) is 4.40. The van der Waals surface area contributed by atoms with E-state index in [1.54, 1.807) is 0 Å². The number of morpholine rings is 1. The predicted octanol–water partition coefficient (Wildman–Crippen LogP) is 2.07. The van der Waals surface area contributed by atoms with Crippen molar-refractivity contribution < 1.29 is 23.0 Å². The highest BCUT2D eigenvalue weighted by atomic mass is 35.5. The number of hydrogen-bond donors (Lipinski definition) is 0. The first-order chi connectivity index (χ1) is 9.00. The minimum Gasteiger partial charge on any atom is -0.467 e. The topological polar surface area (TPSA) is 38.8 Å². The molecule has 0 spiro atoms. The fourth-order valence-corrected chi connectivity index (χ4v) is 2.06. The molecule has 0 saturated carbocycles. The van der Waals surface area contributed by atoms with E-state index in [9.17, 15) is 13.6 Å². The molecule has 1 aliphatic rings. The zero-order valence-electron chi connectivity index (χ0n) is 10.9. The van der Waals surface area contributed by atoms with Crippen molar-refractivity contribution in [2.45, 2.75) is 18.8 Å². The van der Waals surface area contributed by atoms with Crippen molar-refractivity contribution in [3.63, 3.8) is 0 Å². The Morgan fingerprint density at radius 3 is 2.70 bits per heavy atom.